The Morgan fingerprint density at radius 3 is 2.62 bits per heavy atom. The third-order valence-corrected chi connectivity index (χ3v) is 7.61. The van der Waals surface area contributed by atoms with Crippen LogP contribution < -0.4 is 10.2 Å². The fourth-order valence-corrected chi connectivity index (χ4v) is 5.48. The van der Waals surface area contributed by atoms with Gasteiger partial charge in [-0.15, -0.1) is 0 Å². The van der Waals surface area contributed by atoms with Gasteiger partial charge >= 0.3 is 0 Å². The molecule has 1 unspecified atom stereocenters. The van der Waals surface area contributed by atoms with Crippen molar-refractivity contribution >= 4 is 28.5 Å². The molecule has 10 heteroatoms. The Kier molecular flexibility index (Phi) is 5.59. The highest BCUT2D eigenvalue weighted by Gasteiger charge is 2.33. The SMILES string of the molecule is CN(C)C1CCN(c2ccc(Nc3ncc(F)c(-c4cc(F)c5nc6n(c5c4)C(C)(C)CC6)n3)nc2)C1. The number of aromatic nitrogens is 5. The lowest BCUT2D eigenvalue weighted by molar-refractivity contribution is 0.315. The second kappa shape index (κ2) is 8.72. The summed E-state index contributed by atoms with van der Waals surface area (Å²) in [6, 6.07) is 7.44. The number of nitrogens with zero attached hydrogens (tertiary/aromatic N) is 7. The molecular formula is C27H30F2N8. The average molecular weight is 505 g/mol. The summed E-state index contributed by atoms with van der Waals surface area (Å²) in [5.74, 6) is 0.458. The van der Waals surface area contributed by atoms with Crippen LogP contribution in [0.25, 0.3) is 22.3 Å². The second-order valence-electron chi connectivity index (χ2n) is 10.8. The molecule has 0 spiro atoms. The number of nitrogens with one attached hydrogen (secondary N) is 1. The maximum atomic E-state index is 15.1. The number of hydrogen-bond acceptors (Lipinski definition) is 7. The Morgan fingerprint density at radius 1 is 1.05 bits per heavy atom. The molecule has 8 nitrogen and oxygen atoms in total. The van der Waals surface area contributed by atoms with Crippen LogP contribution in [0.3, 0.4) is 0 Å². The molecule has 0 aliphatic carbocycles. The Morgan fingerprint density at radius 2 is 1.89 bits per heavy atom. The van der Waals surface area contributed by atoms with Crippen molar-refractivity contribution in [1.82, 2.24) is 29.4 Å². The van der Waals surface area contributed by atoms with E-state index in [9.17, 15) is 4.39 Å². The molecule has 1 saturated heterocycles. The topological polar surface area (TPSA) is 75.0 Å². The molecule has 0 saturated carbocycles. The molecule has 1 N–H and O–H groups in total. The minimum absolute atomic E-state index is 0.0214. The highest BCUT2D eigenvalue weighted by atomic mass is 19.1. The van der Waals surface area contributed by atoms with Crippen molar-refractivity contribution < 1.29 is 8.78 Å². The molecule has 1 fully saturated rings. The molecular weight excluding hydrogens is 474 g/mol. The Labute approximate surface area is 214 Å². The molecule has 0 radical (unpaired) electrons. The lowest BCUT2D eigenvalue weighted by atomic mass is 10.0. The summed E-state index contributed by atoms with van der Waals surface area (Å²) in [4.78, 5) is 22.0. The molecule has 37 heavy (non-hydrogen) atoms. The predicted octanol–water partition coefficient (Wildman–Crippen LogP) is 4.73. The molecule has 5 heterocycles. The Hall–Kier alpha value is -3.66. The summed E-state index contributed by atoms with van der Waals surface area (Å²) in [7, 11) is 4.21. The van der Waals surface area contributed by atoms with E-state index >= 15 is 4.39 Å². The van der Waals surface area contributed by atoms with Crippen LogP contribution >= 0.6 is 0 Å². The van der Waals surface area contributed by atoms with E-state index in [2.05, 4.69) is 67.6 Å². The molecule has 0 amide bonds. The molecule has 6 rings (SSSR count). The first-order valence-electron chi connectivity index (χ1n) is 12.6. The average Bonchev–Trinajstić information content (AvgIpc) is 3.57. The summed E-state index contributed by atoms with van der Waals surface area (Å²) in [5, 5.41) is 3.05. The van der Waals surface area contributed by atoms with Gasteiger partial charge in [-0.05, 0) is 65.0 Å². The Bertz CT molecular complexity index is 1480. The first-order valence-corrected chi connectivity index (χ1v) is 12.6. The van der Waals surface area contributed by atoms with E-state index in [1.165, 1.54) is 6.07 Å². The molecule has 2 aliphatic heterocycles. The van der Waals surface area contributed by atoms with E-state index in [1.54, 1.807) is 6.07 Å². The van der Waals surface area contributed by atoms with Gasteiger partial charge in [0.05, 0.1) is 23.6 Å². The molecule has 1 atom stereocenters. The zero-order valence-electron chi connectivity index (χ0n) is 21.5. The molecule has 192 valence electrons. The minimum Gasteiger partial charge on any atom is -0.369 e. The van der Waals surface area contributed by atoms with Crippen LogP contribution in [-0.4, -0.2) is 62.6 Å². The van der Waals surface area contributed by atoms with Crippen molar-refractivity contribution in [2.75, 3.05) is 37.4 Å². The van der Waals surface area contributed by atoms with Crippen LogP contribution in [0.4, 0.5) is 26.2 Å². The number of aryl methyl sites for hydroxylation is 1. The van der Waals surface area contributed by atoms with Crippen molar-refractivity contribution in [1.29, 1.82) is 0 Å². The van der Waals surface area contributed by atoms with Gasteiger partial charge in [0.25, 0.3) is 0 Å². The van der Waals surface area contributed by atoms with E-state index in [4.69, 9.17) is 0 Å². The van der Waals surface area contributed by atoms with Crippen LogP contribution in [0.1, 0.15) is 32.5 Å². The third-order valence-electron chi connectivity index (χ3n) is 7.61. The monoisotopic (exact) mass is 504 g/mol. The smallest absolute Gasteiger partial charge is 0.229 e. The van der Waals surface area contributed by atoms with Crippen molar-refractivity contribution in [3.05, 3.63) is 54.1 Å². The van der Waals surface area contributed by atoms with Crippen LogP contribution in [0, 0.1) is 11.6 Å². The minimum atomic E-state index is -0.627. The van der Waals surface area contributed by atoms with Crippen LogP contribution in [-0.2, 0) is 12.0 Å². The van der Waals surface area contributed by atoms with Crippen LogP contribution in [0.15, 0.2) is 36.7 Å². The maximum Gasteiger partial charge on any atom is 0.229 e. The van der Waals surface area contributed by atoms with Gasteiger partial charge in [0.2, 0.25) is 5.95 Å². The number of imidazole rings is 1. The number of rotatable bonds is 5. The fraction of sp³-hybridized carbons (Fsp3) is 0.407. The van der Waals surface area contributed by atoms with Crippen LogP contribution in [0.2, 0.25) is 0 Å². The van der Waals surface area contributed by atoms with E-state index in [0.29, 0.717) is 28.5 Å². The van der Waals surface area contributed by atoms with E-state index in [0.717, 1.165) is 50.1 Å². The quantitative estimate of drug-likeness (QED) is 0.421. The van der Waals surface area contributed by atoms with Gasteiger partial charge in [-0.25, -0.2) is 28.7 Å². The summed E-state index contributed by atoms with van der Waals surface area (Å²) >= 11 is 0. The lowest BCUT2D eigenvalue weighted by Crippen LogP contribution is -2.31. The van der Waals surface area contributed by atoms with Gasteiger partial charge in [0.15, 0.2) is 11.6 Å². The summed E-state index contributed by atoms with van der Waals surface area (Å²) < 4.78 is 32.0. The second-order valence-corrected chi connectivity index (χ2v) is 10.8. The zero-order chi connectivity index (χ0) is 25.9. The predicted molar refractivity (Wildman–Crippen MR) is 140 cm³/mol. The number of benzene rings is 1. The number of halogens is 2. The highest BCUT2D eigenvalue weighted by molar-refractivity contribution is 5.83. The molecule has 0 bridgehead atoms. The Balaban J connectivity index is 1.27. The highest BCUT2D eigenvalue weighted by Crippen LogP contribution is 2.38. The number of anilines is 3. The van der Waals surface area contributed by atoms with Gasteiger partial charge < -0.3 is 19.7 Å². The van der Waals surface area contributed by atoms with Gasteiger partial charge in [-0.3, -0.25) is 0 Å². The zero-order valence-corrected chi connectivity index (χ0v) is 21.5. The van der Waals surface area contributed by atoms with Crippen LogP contribution in [0.5, 0.6) is 0 Å². The molecule has 2 aliphatic rings. The normalized spacial score (nSPS) is 18.7. The summed E-state index contributed by atoms with van der Waals surface area (Å²) in [6.07, 6.45) is 5.73. The lowest BCUT2D eigenvalue weighted by Gasteiger charge is -2.22. The van der Waals surface area contributed by atoms with Gasteiger partial charge in [-0.1, -0.05) is 0 Å². The summed E-state index contributed by atoms with van der Waals surface area (Å²) in [5.41, 5.74) is 2.18. The van der Waals surface area contributed by atoms with Gasteiger partial charge in [-0.2, -0.15) is 0 Å². The fourth-order valence-electron chi connectivity index (χ4n) is 5.48. The van der Waals surface area contributed by atoms with E-state index < -0.39 is 11.6 Å². The van der Waals surface area contributed by atoms with Crippen molar-refractivity contribution in [3.63, 3.8) is 0 Å². The first-order chi connectivity index (χ1) is 17.7. The van der Waals surface area contributed by atoms with Crippen molar-refractivity contribution in [2.24, 2.45) is 0 Å². The van der Waals surface area contributed by atoms with Gasteiger partial charge in [0.1, 0.15) is 22.9 Å². The van der Waals surface area contributed by atoms with E-state index in [1.807, 2.05) is 18.3 Å². The largest absolute Gasteiger partial charge is 0.369 e. The standard InChI is InChI=1S/C27H30F2N8/c1-27(2)9-7-23-33-25-19(28)11-16(12-21(25)37(23)27)24-20(29)14-31-26(34-24)32-22-6-5-17(13-30-22)36-10-8-18(15-36)35(3)4/h5-6,11-14,18H,7-10,15H2,1-4H3,(H,30,31,32,34). The number of pyridine rings is 1. The van der Waals surface area contributed by atoms with Crippen molar-refractivity contribution in [3.8, 4) is 11.3 Å². The van der Waals surface area contributed by atoms with Gasteiger partial charge in [0, 0.05) is 36.7 Å². The third kappa shape index (κ3) is 4.19. The number of hydrogen-bond donors (Lipinski definition) is 1. The first kappa shape index (κ1) is 23.7. The number of fused-ring (bicyclic) bond motifs is 3. The molecule has 3 aromatic heterocycles. The number of likely N-dealkylation sites (N-methyl/N-ethyl adjacent to an activating group) is 1. The molecule has 4 aromatic rings. The summed E-state index contributed by atoms with van der Waals surface area (Å²) in [6.45, 7) is 6.15. The maximum absolute atomic E-state index is 15.1. The van der Waals surface area contributed by atoms with Crippen molar-refractivity contribution in [2.45, 2.75) is 44.7 Å². The van der Waals surface area contributed by atoms with E-state index in [-0.39, 0.29) is 17.2 Å². The molecule has 1 aromatic carbocycles.